The van der Waals surface area contributed by atoms with E-state index in [0.29, 0.717) is 0 Å². The largest absolute Gasteiger partial charge is 0.348 e. The first kappa shape index (κ1) is 14.8. The summed E-state index contributed by atoms with van der Waals surface area (Å²) < 4.78 is 11.7. The monoisotopic (exact) mass is 282 g/mol. The fraction of sp³-hybridized carbons (Fsp3) is 1.00. The lowest BCUT2D eigenvalue weighted by Crippen LogP contribution is -2.48. The highest BCUT2D eigenvalue weighted by Gasteiger charge is 2.42. The molecule has 3 fully saturated rings. The zero-order valence-electron chi connectivity index (χ0n) is 13.1. The molecule has 1 heterocycles. The molecule has 0 bridgehead atoms. The number of hydrogen-bond donors (Lipinski definition) is 1. The van der Waals surface area contributed by atoms with E-state index in [1.54, 1.807) is 0 Å². The predicted octanol–water partition coefficient (Wildman–Crippen LogP) is 2.13. The zero-order valence-corrected chi connectivity index (χ0v) is 13.1. The first-order valence-electron chi connectivity index (χ1n) is 8.39. The molecule has 0 amide bonds. The van der Waals surface area contributed by atoms with E-state index < -0.39 is 0 Å². The number of nitrogens with zero attached hydrogens (tertiary/aromatic N) is 1. The van der Waals surface area contributed by atoms with Crippen LogP contribution in [0, 0.1) is 0 Å². The van der Waals surface area contributed by atoms with Crippen LogP contribution in [-0.2, 0) is 9.47 Å². The maximum atomic E-state index is 5.83. The van der Waals surface area contributed by atoms with Gasteiger partial charge in [-0.25, -0.2) is 0 Å². The van der Waals surface area contributed by atoms with Gasteiger partial charge in [-0.15, -0.1) is 0 Å². The van der Waals surface area contributed by atoms with Gasteiger partial charge in [-0.1, -0.05) is 0 Å². The van der Waals surface area contributed by atoms with Gasteiger partial charge < -0.3 is 19.7 Å². The van der Waals surface area contributed by atoms with E-state index >= 15 is 0 Å². The van der Waals surface area contributed by atoms with E-state index in [1.807, 2.05) is 0 Å². The van der Waals surface area contributed by atoms with Crippen molar-refractivity contribution in [2.24, 2.45) is 0 Å². The van der Waals surface area contributed by atoms with E-state index in [2.05, 4.69) is 24.3 Å². The van der Waals surface area contributed by atoms with E-state index in [4.69, 9.17) is 9.47 Å². The molecule has 0 aromatic rings. The maximum Gasteiger partial charge on any atom is 0.168 e. The van der Waals surface area contributed by atoms with E-state index in [9.17, 15) is 0 Å². The average molecular weight is 282 g/mol. The molecule has 0 aromatic carbocycles. The maximum absolute atomic E-state index is 5.83. The molecule has 2 saturated carbocycles. The minimum Gasteiger partial charge on any atom is -0.348 e. The van der Waals surface area contributed by atoms with Gasteiger partial charge >= 0.3 is 0 Å². The molecule has 3 aliphatic rings. The summed E-state index contributed by atoms with van der Waals surface area (Å²) >= 11 is 0. The summed E-state index contributed by atoms with van der Waals surface area (Å²) in [6.07, 6.45) is 9.95. The summed E-state index contributed by atoms with van der Waals surface area (Å²) in [5, 5.41) is 3.42. The third-order valence-electron chi connectivity index (χ3n) is 5.79. The van der Waals surface area contributed by atoms with Gasteiger partial charge in [0, 0.05) is 31.0 Å². The lowest BCUT2D eigenvalue weighted by atomic mass is 9.85. The van der Waals surface area contributed by atoms with Gasteiger partial charge in [0.2, 0.25) is 0 Å². The Balaban J connectivity index is 1.48. The molecule has 20 heavy (non-hydrogen) atoms. The van der Waals surface area contributed by atoms with Crippen molar-refractivity contribution in [2.45, 2.75) is 75.3 Å². The Labute approximate surface area is 123 Å². The topological polar surface area (TPSA) is 33.7 Å². The molecule has 4 nitrogen and oxygen atoms in total. The third-order valence-corrected chi connectivity index (χ3v) is 5.79. The highest BCUT2D eigenvalue weighted by atomic mass is 16.7. The Kier molecular flexibility index (Phi) is 4.65. The van der Waals surface area contributed by atoms with Crippen LogP contribution in [0.3, 0.4) is 0 Å². The Bertz CT molecular complexity index is 300. The van der Waals surface area contributed by atoms with Gasteiger partial charge in [0.05, 0.1) is 13.2 Å². The minimum absolute atomic E-state index is 0.207. The van der Waals surface area contributed by atoms with Gasteiger partial charge in [0.25, 0.3) is 0 Å². The second kappa shape index (κ2) is 6.30. The van der Waals surface area contributed by atoms with E-state index in [1.165, 1.54) is 38.5 Å². The normalized spacial score (nSPS) is 35.0. The van der Waals surface area contributed by atoms with Crippen LogP contribution < -0.4 is 5.32 Å². The fourth-order valence-corrected chi connectivity index (χ4v) is 4.31. The van der Waals surface area contributed by atoms with Gasteiger partial charge in [0.15, 0.2) is 5.79 Å². The van der Waals surface area contributed by atoms with Crippen molar-refractivity contribution in [3.63, 3.8) is 0 Å². The quantitative estimate of drug-likeness (QED) is 0.860. The van der Waals surface area contributed by atoms with Crippen LogP contribution in [0.15, 0.2) is 0 Å². The summed E-state index contributed by atoms with van der Waals surface area (Å²) in [5.41, 5.74) is 0. The Morgan fingerprint density at radius 1 is 0.900 bits per heavy atom. The summed E-state index contributed by atoms with van der Waals surface area (Å²) in [6.45, 7) is 1.57. The second-order valence-corrected chi connectivity index (χ2v) is 6.80. The number of hydrogen-bond acceptors (Lipinski definition) is 4. The standard InChI is InChI=1S/C16H30N2O2/c1-17-13-3-5-14(6-4-13)18(2)15-7-9-16(10-8-15)19-11-12-20-16/h13-15,17H,3-12H2,1-2H3. The van der Waals surface area contributed by atoms with Crippen LogP contribution in [0.5, 0.6) is 0 Å². The predicted molar refractivity (Wildman–Crippen MR) is 79.8 cm³/mol. The molecule has 1 N–H and O–H groups in total. The lowest BCUT2D eigenvalue weighted by molar-refractivity contribution is -0.184. The lowest BCUT2D eigenvalue weighted by Gasteiger charge is -2.43. The van der Waals surface area contributed by atoms with Gasteiger partial charge in [-0.3, -0.25) is 0 Å². The highest BCUT2D eigenvalue weighted by molar-refractivity contribution is 4.89. The Hall–Kier alpha value is -0.160. The summed E-state index contributed by atoms with van der Waals surface area (Å²) in [7, 11) is 4.43. The van der Waals surface area contributed by atoms with Crippen LogP contribution in [0.2, 0.25) is 0 Å². The Morgan fingerprint density at radius 2 is 1.45 bits per heavy atom. The van der Waals surface area contributed by atoms with Crippen LogP contribution in [0.1, 0.15) is 51.4 Å². The molecule has 0 unspecified atom stereocenters. The molecule has 1 saturated heterocycles. The van der Waals surface area contributed by atoms with Crippen LogP contribution in [0.25, 0.3) is 0 Å². The molecule has 3 rings (SSSR count). The van der Waals surface area contributed by atoms with Crippen molar-refractivity contribution in [1.29, 1.82) is 0 Å². The molecule has 1 aliphatic heterocycles. The van der Waals surface area contributed by atoms with Gasteiger partial charge in [-0.2, -0.15) is 0 Å². The molecule has 1 spiro atoms. The second-order valence-electron chi connectivity index (χ2n) is 6.80. The average Bonchev–Trinajstić information content (AvgIpc) is 2.96. The molecule has 2 aliphatic carbocycles. The van der Waals surface area contributed by atoms with Gasteiger partial charge in [0.1, 0.15) is 0 Å². The Morgan fingerprint density at radius 3 is 2.00 bits per heavy atom. The van der Waals surface area contributed by atoms with Gasteiger partial charge in [-0.05, 0) is 52.6 Å². The van der Waals surface area contributed by atoms with Crippen LogP contribution in [0.4, 0.5) is 0 Å². The molecule has 0 atom stereocenters. The first-order valence-corrected chi connectivity index (χ1v) is 8.39. The van der Waals surface area contributed by atoms with Crippen molar-refractivity contribution >= 4 is 0 Å². The van der Waals surface area contributed by atoms with Crippen molar-refractivity contribution in [2.75, 3.05) is 27.3 Å². The van der Waals surface area contributed by atoms with Crippen molar-refractivity contribution < 1.29 is 9.47 Å². The van der Waals surface area contributed by atoms with Crippen molar-refractivity contribution in [3.8, 4) is 0 Å². The third kappa shape index (κ3) is 3.03. The number of nitrogens with one attached hydrogen (secondary N) is 1. The number of rotatable bonds is 3. The molecular formula is C16H30N2O2. The van der Waals surface area contributed by atoms with Crippen LogP contribution in [-0.4, -0.2) is 56.1 Å². The van der Waals surface area contributed by atoms with E-state index in [-0.39, 0.29) is 5.79 Å². The molecule has 0 radical (unpaired) electrons. The van der Waals surface area contributed by atoms with Crippen molar-refractivity contribution in [3.05, 3.63) is 0 Å². The summed E-state index contributed by atoms with van der Waals surface area (Å²) in [5.74, 6) is -0.207. The summed E-state index contributed by atoms with van der Waals surface area (Å²) in [4.78, 5) is 2.66. The smallest absolute Gasteiger partial charge is 0.168 e. The SMILES string of the molecule is CNC1CCC(N(C)C2CCC3(CC2)OCCO3)CC1. The fourth-order valence-electron chi connectivity index (χ4n) is 4.31. The molecule has 0 aromatic heterocycles. The summed E-state index contributed by atoms with van der Waals surface area (Å²) in [6, 6.07) is 2.25. The molecule has 116 valence electrons. The van der Waals surface area contributed by atoms with Crippen LogP contribution >= 0.6 is 0 Å². The zero-order chi connectivity index (χ0) is 14.0. The molecule has 4 heteroatoms. The van der Waals surface area contributed by atoms with Crippen molar-refractivity contribution in [1.82, 2.24) is 10.2 Å². The highest BCUT2D eigenvalue weighted by Crippen LogP contribution is 2.38. The number of ether oxygens (including phenoxy) is 2. The first-order chi connectivity index (χ1) is 9.72. The van der Waals surface area contributed by atoms with E-state index in [0.717, 1.165) is 44.2 Å². The molecular weight excluding hydrogens is 252 g/mol. The minimum atomic E-state index is -0.207.